The van der Waals surface area contributed by atoms with E-state index in [9.17, 15) is 19.6 Å². The van der Waals surface area contributed by atoms with Gasteiger partial charge < -0.3 is 25.4 Å². The molecular weight excluding hydrogens is 741 g/mol. The third kappa shape index (κ3) is 9.51. The summed E-state index contributed by atoms with van der Waals surface area (Å²) < 4.78 is 10.9. The lowest BCUT2D eigenvalue weighted by atomic mass is 9.72. The van der Waals surface area contributed by atoms with Crippen LogP contribution < -0.4 is 25.4 Å². The third-order valence-corrected chi connectivity index (χ3v) is 12.2. The highest BCUT2D eigenvalue weighted by atomic mass is 32.2. The van der Waals surface area contributed by atoms with Gasteiger partial charge in [-0.05, 0) is 90.3 Å². The molecule has 0 radical (unpaired) electrons. The average Bonchev–Trinajstić information content (AvgIpc) is 3.56. The number of nitriles is 1. The molecule has 1 aromatic heterocycles. The van der Waals surface area contributed by atoms with Crippen molar-refractivity contribution in [2.24, 2.45) is 11.3 Å². The van der Waals surface area contributed by atoms with Crippen molar-refractivity contribution >= 4 is 57.6 Å². The molecule has 1 aliphatic rings. The van der Waals surface area contributed by atoms with Crippen molar-refractivity contribution < 1.29 is 23.9 Å². The lowest BCUT2D eigenvalue weighted by Crippen LogP contribution is -2.30. The molecular formula is C45H44N4O5S2. The van der Waals surface area contributed by atoms with Crippen LogP contribution >= 0.6 is 23.1 Å². The number of ether oxygens (including phenoxy) is 2. The maximum atomic E-state index is 14.2. The van der Waals surface area contributed by atoms with Crippen molar-refractivity contribution in [2.75, 3.05) is 24.9 Å². The number of amides is 3. The molecule has 4 aromatic carbocycles. The second kappa shape index (κ2) is 17.8. The Morgan fingerprint density at radius 2 is 1.64 bits per heavy atom. The Morgan fingerprint density at radius 1 is 0.911 bits per heavy atom. The highest BCUT2D eigenvalue weighted by molar-refractivity contribution is 8.00. The molecule has 286 valence electrons. The maximum absolute atomic E-state index is 14.2. The lowest BCUT2D eigenvalue weighted by Gasteiger charge is -2.33. The SMILES string of the molecule is COc1ccc(/C=C(/NC(=O)c2ccccc2)C(=O)Nc2cccc(SC(C(=O)Nc3sc4c(c3C#N)CCC(C(C)(C)C)C4)c3ccccc3)c2)c(OC)c1. The van der Waals surface area contributed by atoms with Gasteiger partial charge in [0, 0.05) is 32.7 Å². The predicted molar refractivity (Wildman–Crippen MR) is 224 cm³/mol. The summed E-state index contributed by atoms with van der Waals surface area (Å²) in [5.74, 6) is 0.253. The van der Waals surface area contributed by atoms with E-state index in [-0.39, 0.29) is 17.0 Å². The zero-order valence-electron chi connectivity index (χ0n) is 32.0. The van der Waals surface area contributed by atoms with Crippen molar-refractivity contribution in [3.8, 4) is 17.6 Å². The fourth-order valence-electron chi connectivity index (χ4n) is 6.63. The van der Waals surface area contributed by atoms with Gasteiger partial charge >= 0.3 is 0 Å². The Bertz CT molecular complexity index is 2290. The van der Waals surface area contributed by atoms with E-state index in [1.54, 1.807) is 79.9 Å². The second-order valence-corrected chi connectivity index (χ2v) is 16.8. The van der Waals surface area contributed by atoms with Gasteiger partial charge in [0.1, 0.15) is 33.5 Å². The molecule has 2 unspecified atom stereocenters. The Labute approximate surface area is 336 Å². The minimum atomic E-state index is -0.668. The maximum Gasteiger partial charge on any atom is 0.272 e. The van der Waals surface area contributed by atoms with E-state index >= 15 is 0 Å². The molecule has 56 heavy (non-hydrogen) atoms. The zero-order valence-corrected chi connectivity index (χ0v) is 33.6. The third-order valence-electron chi connectivity index (χ3n) is 9.79. The van der Waals surface area contributed by atoms with Crippen LogP contribution in [0.3, 0.4) is 0 Å². The highest BCUT2D eigenvalue weighted by Crippen LogP contribution is 2.45. The first-order chi connectivity index (χ1) is 27.0. The number of methoxy groups -OCH3 is 2. The lowest BCUT2D eigenvalue weighted by molar-refractivity contribution is -0.116. The van der Waals surface area contributed by atoms with E-state index in [0.717, 1.165) is 35.3 Å². The molecule has 0 saturated heterocycles. The predicted octanol–water partition coefficient (Wildman–Crippen LogP) is 9.67. The van der Waals surface area contributed by atoms with Crippen LogP contribution in [0.15, 0.2) is 114 Å². The monoisotopic (exact) mass is 784 g/mol. The van der Waals surface area contributed by atoms with E-state index in [4.69, 9.17) is 9.47 Å². The average molecular weight is 785 g/mol. The number of hydrogen-bond donors (Lipinski definition) is 3. The van der Waals surface area contributed by atoms with Gasteiger partial charge in [0.15, 0.2) is 0 Å². The van der Waals surface area contributed by atoms with Crippen molar-refractivity contribution in [1.29, 1.82) is 5.26 Å². The second-order valence-electron chi connectivity index (χ2n) is 14.5. The van der Waals surface area contributed by atoms with E-state index in [1.165, 1.54) is 35.1 Å². The zero-order chi connectivity index (χ0) is 39.8. The first kappa shape index (κ1) is 39.9. The number of thioether (sulfide) groups is 1. The van der Waals surface area contributed by atoms with Crippen LogP contribution in [0.5, 0.6) is 11.5 Å². The summed E-state index contributed by atoms with van der Waals surface area (Å²) in [5, 5.41) is 18.9. The number of benzene rings is 4. The van der Waals surface area contributed by atoms with Crippen LogP contribution in [0.25, 0.3) is 6.08 Å². The summed E-state index contributed by atoms with van der Waals surface area (Å²) >= 11 is 2.85. The first-order valence-electron chi connectivity index (χ1n) is 18.3. The van der Waals surface area contributed by atoms with E-state index in [2.05, 4.69) is 42.8 Å². The molecule has 2 atom stereocenters. The number of nitrogens with one attached hydrogen (secondary N) is 3. The Morgan fingerprint density at radius 3 is 2.32 bits per heavy atom. The van der Waals surface area contributed by atoms with Crippen LogP contribution in [0.4, 0.5) is 10.7 Å². The molecule has 3 N–H and O–H groups in total. The molecule has 0 spiro atoms. The Balaban J connectivity index is 1.25. The van der Waals surface area contributed by atoms with Crippen molar-refractivity contribution in [3.63, 3.8) is 0 Å². The number of hydrogen-bond acceptors (Lipinski definition) is 8. The number of anilines is 2. The van der Waals surface area contributed by atoms with Gasteiger partial charge in [-0.1, -0.05) is 75.4 Å². The number of fused-ring (bicyclic) bond motifs is 1. The molecule has 0 saturated carbocycles. The molecule has 6 rings (SSSR count). The molecule has 0 bridgehead atoms. The fourth-order valence-corrected chi connectivity index (χ4v) is 8.99. The molecule has 0 aliphatic heterocycles. The summed E-state index contributed by atoms with van der Waals surface area (Å²) in [4.78, 5) is 43.3. The molecule has 11 heteroatoms. The van der Waals surface area contributed by atoms with Gasteiger partial charge in [-0.15, -0.1) is 23.1 Å². The standard InChI is InChI=1S/C45H44N4O5S2/c1-45(2,3)31-20-22-35-36(27-46)44(56-39(35)24-31)49-43(52)40(28-13-8-6-9-14-28)55-34-18-12-17-32(25-34)47-42(51)37(48-41(50)29-15-10-7-11-16-29)23-30-19-21-33(53-4)26-38(30)54-5/h6-19,21,23,25-26,31,40H,20,22,24H2,1-5H3,(H,47,51)(H,48,50)(H,49,52)/b37-23+. The fraction of sp³-hybridized carbons (Fsp3) is 0.244. The summed E-state index contributed by atoms with van der Waals surface area (Å²) in [6.45, 7) is 6.77. The Kier molecular flexibility index (Phi) is 12.6. The number of nitrogens with zero attached hydrogens (tertiary/aromatic N) is 1. The molecule has 3 amide bonds. The van der Waals surface area contributed by atoms with Gasteiger partial charge in [0.2, 0.25) is 5.91 Å². The highest BCUT2D eigenvalue weighted by Gasteiger charge is 2.33. The van der Waals surface area contributed by atoms with Crippen LogP contribution in [0.1, 0.15) is 69.9 Å². The molecule has 1 heterocycles. The summed E-state index contributed by atoms with van der Waals surface area (Å²) in [7, 11) is 3.06. The van der Waals surface area contributed by atoms with Gasteiger partial charge in [-0.3, -0.25) is 14.4 Å². The number of rotatable bonds is 12. The minimum absolute atomic E-state index is 0.0114. The minimum Gasteiger partial charge on any atom is -0.497 e. The normalized spacial score (nSPS) is 14.4. The van der Waals surface area contributed by atoms with Gasteiger partial charge in [-0.25, -0.2) is 0 Å². The molecule has 9 nitrogen and oxygen atoms in total. The topological polar surface area (TPSA) is 130 Å². The summed E-state index contributed by atoms with van der Waals surface area (Å²) in [6, 6.07) is 32.8. The number of thiophene rings is 1. The Hall–Kier alpha value is -5.83. The summed E-state index contributed by atoms with van der Waals surface area (Å²) in [6.07, 6.45) is 4.27. The quantitative estimate of drug-likeness (QED) is 0.0849. The van der Waals surface area contributed by atoms with Crippen LogP contribution in [-0.2, 0) is 22.4 Å². The van der Waals surface area contributed by atoms with Gasteiger partial charge in [-0.2, -0.15) is 5.26 Å². The number of carbonyl (C=O) groups is 3. The molecule has 0 fully saturated rings. The van der Waals surface area contributed by atoms with E-state index < -0.39 is 17.1 Å². The first-order valence-corrected chi connectivity index (χ1v) is 20.0. The smallest absolute Gasteiger partial charge is 0.272 e. The van der Waals surface area contributed by atoms with Crippen LogP contribution in [0, 0.1) is 22.7 Å². The van der Waals surface area contributed by atoms with Crippen molar-refractivity contribution in [2.45, 2.75) is 50.2 Å². The van der Waals surface area contributed by atoms with Gasteiger partial charge in [0.05, 0.1) is 19.8 Å². The van der Waals surface area contributed by atoms with E-state index in [1.807, 2.05) is 36.4 Å². The van der Waals surface area contributed by atoms with Gasteiger partial charge in [0.25, 0.3) is 11.8 Å². The van der Waals surface area contributed by atoms with E-state index in [0.29, 0.717) is 44.8 Å². The largest absolute Gasteiger partial charge is 0.497 e. The number of carbonyl (C=O) groups excluding carboxylic acids is 3. The van der Waals surface area contributed by atoms with Crippen molar-refractivity contribution in [3.05, 3.63) is 142 Å². The molecule has 5 aromatic rings. The van der Waals surface area contributed by atoms with Crippen molar-refractivity contribution in [1.82, 2.24) is 5.32 Å². The molecule has 1 aliphatic carbocycles. The van der Waals surface area contributed by atoms with Crippen LogP contribution in [-0.4, -0.2) is 31.9 Å². The summed E-state index contributed by atoms with van der Waals surface area (Å²) in [5.41, 5.74) is 3.94. The van der Waals surface area contributed by atoms with Crippen LogP contribution in [0.2, 0.25) is 0 Å².